The van der Waals surface area contributed by atoms with E-state index in [1.807, 2.05) is 0 Å². The number of aryl methyl sites for hydroxylation is 2. The minimum Gasteiger partial charge on any atom is -0.312 e. The molecule has 0 bridgehead atoms. The Labute approximate surface area is 131 Å². The normalized spacial score (nSPS) is 22.9. The molecule has 20 heavy (non-hydrogen) atoms. The topological polar surface area (TPSA) is 29.9 Å². The molecule has 2 rings (SSSR count). The molecule has 1 N–H and O–H groups in total. The Hall–Kier alpha value is -0.350. The molecule has 1 aromatic heterocycles. The largest absolute Gasteiger partial charge is 0.312 e. The predicted octanol–water partition coefficient (Wildman–Crippen LogP) is 3.93. The van der Waals surface area contributed by atoms with Crippen LogP contribution in [-0.4, -0.2) is 21.9 Å². The van der Waals surface area contributed by atoms with Gasteiger partial charge in [0.15, 0.2) is 0 Å². The fraction of sp³-hybridized carbons (Fsp3) is 0.812. The summed E-state index contributed by atoms with van der Waals surface area (Å²) in [4.78, 5) is 0. The molecule has 1 aliphatic carbocycles. The van der Waals surface area contributed by atoms with Gasteiger partial charge in [-0.05, 0) is 88.2 Å². The van der Waals surface area contributed by atoms with E-state index in [1.54, 1.807) is 0 Å². The molecule has 0 aromatic carbocycles. The summed E-state index contributed by atoms with van der Waals surface area (Å²) >= 11 is 3.72. The van der Waals surface area contributed by atoms with Crippen molar-refractivity contribution in [3.05, 3.63) is 15.9 Å². The van der Waals surface area contributed by atoms with Gasteiger partial charge in [-0.3, -0.25) is 4.68 Å². The molecule has 0 saturated heterocycles. The Morgan fingerprint density at radius 2 is 1.95 bits per heavy atom. The van der Waals surface area contributed by atoms with Crippen LogP contribution in [0.25, 0.3) is 0 Å². The van der Waals surface area contributed by atoms with E-state index in [-0.39, 0.29) is 5.54 Å². The lowest BCUT2D eigenvalue weighted by Gasteiger charge is -2.39. The second kappa shape index (κ2) is 6.18. The highest BCUT2D eigenvalue weighted by Crippen LogP contribution is 2.38. The molecule has 4 heteroatoms. The van der Waals surface area contributed by atoms with Gasteiger partial charge >= 0.3 is 0 Å². The molecule has 0 radical (unpaired) electrons. The number of nitrogens with one attached hydrogen (secondary N) is 1. The molecule has 3 nitrogen and oxygen atoms in total. The van der Waals surface area contributed by atoms with Crippen LogP contribution in [0.3, 0.4) is 0 Å². The maximum Gasteiger partial charge on any atom is 0.0738 e. The molecule has 1 aliphatic rings. The minimum absolute atomic E-state index is 0.225. The molecule has 1 fully saturated rings. The fourth-order valence-corrected chi connectivity index (χ4v) is 3.37. The molecule has 0 aliphatic heterocycles. The second-order valence-corrected chi connectivity index (χ2v) is 7.89. The van der Waals surface area contributed by atoms with Crippen LogP contribution >= 0.6 is 15.9 Å². The van der Waals surface area contributed by atoms with Gasteiger partial charge in [-0.25, -0.2) is 0 Å². The zero-order valence-corrected chi connectivity index (χ0v) is 15.0. The summed E-state index contributed by atoms with van der Waals surface area (Å²) < 4.78 is 3.38. The van der Waals surface area contributed by atoms with Crippen molar-refractivity contribution < 1.29 is 0 Å². The van der Waals surface area contributed by atoms with Gasteiger partial charge in [0.1, 0.15) is 0 Å². The Kier molecular flexibility index (Phi) is 4.96. The van der Waals surface area contributed by atoms with Gasteiger partial charge in [0, 0.05) is 12.1 Å². The third-order valence-electron chi connectivity index (χ3n) is 4.38. The van der Waals surface area contributed by atoms with Gasteiger partial charge in [0.25, 0.3) is 0 Å². The fourth-order valence-electron chi connectivity index (χ4n) is 2.93. The van der Waals surface area contributed by atoms with E-state index in [9.17, 15) is 0 Å². The number of hydrogen-bond acceptors (Lipinski definition) is 2. The van der Waals surface area contributed by atoms with Crippen molar-refractivity contribution in [2.24, 2.45) is 11.8 Å². The SMILES string of the molecule is CCn1nc(C)c(Br)c1CC1CCC1CNC(C)(C)C. The van der Waals surface area contributed by atoms with E-state index in [0.717, 1.165) is 37.0 Å². The summed E-state index contributed by atoms with van der Waals surface area (Å²) in [6.07, 6.45) is 3.88. The highest BCUT2D eigenvalue weighted by molar-refractivity contribution is 9.10. The van der Waals surface area contributed by atoms with E-state index >= 15 is 0 Å². The first-order valence-corrected chi connectivity index (χ1v) is 8.58. The summed E-state index contributed by atoms with van der Waals surface area (Å²) in [6, 6.07) is 0. The van der Waals surface area contributed by atoms with Crippen molar-refractivity contribution in [2.75, 3.05) is 6.54 Å². The Morgan fingerprint density at radius 1 is 1.30 bits per heavy atom. The Balaban J connectivity index is 1.97. The monoisotopic (exact) mass is 341 g/mol. The van der Waals surface area contributed by atoms with Crippen LogP contribution in [0.15, 0.2) is 4.47 Å². The first kappa shape index (κ1) is 16.0. The summed E-state index contributed by atoms with van der Waals surface area (Å²) in [7, 11) is 0. The predicted molar refractivity (Wildman–Crippen MR) is 88.0 cm³/mol. The molecule has 1 saturated carbocycles. The van der Waals surface area contributed by atoms with Gasteiger partial charge in [0.2, 0.25) is 0 Å². The van der Waals surface area contributed by atoms with Crippen LogP contribution in [-0.2, 0) is 13.0 Å². The lowest BCUT2D eigenvalue weighted by atomic mass is 9.71. The summed E-state index contributed by atoms with van der Waals surface area (Å²) in [6.45, 7) is 13.1. The van der Waals surface area contributed by atoms with Gasteiger partial charge in [-0.1, -0.05) is 0 Å². The summed E-state index contributed by atoms with van der Waals surface area (Å²) in [5.74, 6) is 1.63. The smallest absolute Gasteiger partial charge is 0.0738 e. The Morgan fingerprint density at radius 3 is 2.45 bits per heavy atom. The molecular weight excluding hydrogens is 314 g/mol. The molecule has 0 amide bonds. The highest BCUT2D eigenvalue weighted by atomic mass is 79.9. The third kappa shape index (κ3) is 3.64. The maximum atomic E-state index is 4.60. The standard InChI is InChI=1S/C16H28BrN3/c1-6-20-14(15(17)11(2)19-20)9-12-7-8-13(12)10-18-16(3,4)5/h12-13,18H,6-10H2,1-5H3. The molecule has 1 aromatic rings. The molecule has 0 spiro atoms. The van der Waals surface area contributed by atoms with E-state index in [4.69, 9.17) is 0 Å². The van der Waals surface area contributed by atoms with Crippen molar-refractivity contribution in [1.29, 1.82) is 0 Å². The number of rotatable bonds is 5. The average molecular weight is 342 g/mol. The van der Waals surface area contributed by atoms with Crippen LogP contribution in [0.2, 0.25) is 0 Å². The first-order chi connectivity index (χ1) is 9.31. The van der Waals surface area contributed by atoms with Crippen LogP contribution < -0.4 is 5.32 Å². The van der Waals surface area contributed by atoms with Gasteiger partial charge < -0.3 is 5.32 Å². The van der Waals surface area contributed by atoms with Gasteiger partial charge in [-0.15, -0.1) is 0 Å². The van der Waals surface area contributed by atoms with E-state index in [2.05, 4.69) is 65.6 Å². The molecule has 1 heterocycles. The van der Waals surface area contributed by atoms with Crippen LogP contribution in [0.4, 0.5) is 0 Å². The number of aromatic nitrogens is 2. The van der Waals surface area contributed by atoms with Crippen molar-refractivity contribution in [3.8, 4) is 0 Å². The lowest BCUT2D eigenvalue weighted by molar-refractivity contribution is 0.157. The van der Waals surface area contributed by atoms with Crippen molar-refractivity contribution in [2.45, 2.75) is 66.0 Å². The molecule has 114 valence electrons. The Bertz CT molecular complexity index is 459. The van der Waals surface area contributed by atoms with E-state index in [0.29, 0.717) is 0 Å². The molecule has 2 atom stereocenters. The lowest BCUT2D eigenvalue weighted by Crippen LogP contribution is -2.44. The van der Waals surface area contributed by atoms with E-state index < -0.39 is 0 Å². The summed E-state index contributed by atoms with van der Waals surface area (Å²) in [5.41, 5.74) is 2.73. The molecule has 2 unspecified atom stereocenters. The van der Waals surface area contributed by atoms with Crippen molar-refractivity contribution >= 4 is 15.9 Å². The molecular formula is C16H28BrN3. The van der Waals surface area contributed by atoms with Gasteiger partial charge in [0.05, 0.1) is 15.9 Å². The van der Waals surface area contributed by atoms with Crippen LogP contribution in [0, 0.1) is 18.8 Å². The maximum absolute atomic E-state index is 4.60. The van der Waals surface area contributed by atoms with Crippen molar-refractivity contribution in [1.82, 2.24) is 15.1 Å². The highest BCUT2D eigenvalue weighted by Gasteiger charge is 2.33. The average Bonchev–Trinajstić information content (AvgIpc) is 2.60. The first-order valence-electron chi connectivity index (χ1n) is 7.78. The van der Waals surface area contributed by atoms with Crippen LogP contribution in [0.5, 0.6) is 0 Å². The van der Waals surface area contributed by atoms with E-state index in [1.165, 1.54) is 23.0 Å². The zero-order chi connectivity index (χ0) is 14.9. The number of halogens is 1. The van der Waals surface area contributed by atoms with Crippen LogP contribution in [0.1, 0.15) is 51.9 Å². The van der Waals surface area contributed by atoms with Gasteiger partial charge in [-0.2, -0.15) is 5.10 Å². The second-order valence-electron chi connectivity index (χ2n) is 7.09. The third-order valence-corrected chi connectivity index (χ3v) is 5.41. The summed E-state index contributed by atoms with van der Waals surface area (Å²) in [5, 5.41) is 8.26. The minimum atomic E-state index is 0.225. The number of hydrogen-bond donors (Lipinski definition) is 1. The number of nitrogens with zero attached hydrogens (tertiary/aromatic N) is 2. The van der Waals surface area contributed by atoms with Crippen molar-refractivity contribution in [3.63, 3.8) is 0 Å². The zero-order valence-electron chi connectivity index (χ0n) is 13.5. The quantitative estimate of drug-likeness (QED) is 0.879.